The van der Waals surface area contributed by atoms with Crippen LogP contribution in [0.25, 0.3) is 0 Å². The number of fused-ring (bicyclic) bond motifs is 2. The van der Waals surface area contributed by atoms with E-state index in [4.69, 9.17) is 4.74 Å². The normalized spacial score (nSPS) is 34.2. The standard InChI is InChI=1S/C17H22O2S/c1-16(2)12-8-9-17(16,3)14(10-12)19-15(18)11-4-6-13(20)7-5-11/h4-7,12,14,20H,8-10H2,1-3H3. The van der Waals surface area contributed by atoms with Crippen molar-refractivity contribution in [3.63, 3.8) is 0 Å². The number of ether oxygens (including phenoxy) is 1. The highest BCUT2D eigenvalue weighted by molar-refractivity contribution is 7.80. The molecule has 0 heterocycles. The zero-order chi connectivity index (χ0) is 14.5. The second kappa shape index (κ2) is 4.52. The number of thiol groups is 1. The molecule has 0 amide bonds. The highest BCUT2D eigenvalue weighted by Crippen LogP contribution is 2.66. The highest BCUT2D eigenvalue weighted by Gasteiger charge is 2.62. The summed E-state index contributed by atoms with van der Waals surface area (Å²) in [4.78, 5) is 13.2. The van der Waals surface area contributed by atoms with Gasteiger partial charge in [0.2, 0.25) is 0 Å². The first-order valence-electron chi connectivity index (χ1n) is 7.34. The molecule has 108 valence electrons. The van der Waals surface area contributed by atoms with Crippen LogP contribution in [0, 0.1) is 16.7 Å². The third-order valence-electron chi connectivity index (χ3n) is 6.07. The summed E-state index contributed by atoms with van der Waals surface area (Å²) in [6, 6.07) is 7.22. The van der Waals surface area contributed by atoms with E-state index in [1.54, 1.807) is 12.1 Å². The largest absolute Gasteiger partial charge is 0.458 e. The van der Waals surface area contributed by atoms with Crippen molar-refractivity contribution < 1.29 is 9.53 Å². The van der Waals surface area contributed by atoms with E-state index in [0.717, 1.165) is 17.7 Å². The summed E-state index contributed by atoms with van der Waals surface area (Å²) in [7, 11) is 0. The fraction of sp³-hybridized carbons (Fsp3) is 0.588. The molecule has 2 bridgehead atoms. The Hall–Kier alpha value is -0.960. The van der Waals surface area contributed by atoms with Crippen molar-refractivity contribution in [2.75, 3.05) is 0 Å². The van der Waals surface area contributed by atoms with E-state index in [-0.39, 0.29) is 22.9 Å². The van der Waals surface area contributed by atoms with Crippen LogP contribution in [-0.4, -0.2) is 12.1 Å². The smallest absolute Gasteiger partial charge is 0.338 e. The molecule has 3 atom stereocenters. The molecule has 3 unspecified atom stereocenters. The van der Waals surface area contributed by atoms with Gasteiger partial charge in [-0.1, -0.05) is 20.8 Å². The van der Waals surface area contributed by atoms with Crippen molar-refractivity contribution in [1.82, 2.24) is 0 Å². The lowest BCUT2D eigenvalue weighted by Gasteiger charge is -2.38. The second-order valence-electron chi connectivity index (χ2n) is 7.05. The van der Waals surface area contributed by atoms with Gasteiger partial charge in [-0.3, -0.25) is 0 Å². The third kappa shape index (κ3) is 1.90. The van der Waals surface area contributed by atoms with E-state index < -0.39 is 0 Å². The zero-order valence-corrected chi connectivity index (χ0v) is 13.2. The average molecular weight is 290 g/mol. The molecule has 2 aliphatic rings. The van der Waals surface area contributed by atoms with Crippen LogP contribution >= 0.6 is 12.6 Å². The van der Waals surface area contributed by atoms with Crippen LogP contribution in [0.15, 0.2) is 29.2 Å². The molecule has 0 spiro atoms. The average Bonchev–Trinajstić information content (AvgIpc) is 2.72. The Bertz CT molecular complexity index is 534. The zero-order valence-electron chi connectivity index (χ0n) is 12.3. The van der Waals surface area contributed by atoms with Gasteiger partial charge in [-0.25, -0.2) is 4.79 Å². The predicted octanol–water partition coefficient (Wildman–Crippen LogP) is 4.35. The van der Waals surface area contributed by atoms with E-state index in [1.807, 2.05) is 12.1 Å². The summed E-state index contributed by atoms with van der Waals surface area (Å²) >= 11 is 4.24. The van der Waals surface area contributed by atoms with Crippen molar-refractivity contribution in [1.29, 1.82) is 0 Å². The lowest BCUT2D eigenvalue weighted by molar-refractivity contribution is -0.0242. The van der Waals surface area contributed by atoms with Crippen molar-refractivity contribution in [2.24, 2.45) is 16.7 Å². The van der Waals surface area contributed by atoms with E-state index >= 15 is 0 Å². The second-order valence-corrected chi connectivity index (χ2v) is 7.57. The molecule has 1 aromatic rings. The van der Waals surface area contributed by atoms with Crippen LogP contribution in [0.3, 0.4) is 0 Å². The first-order valence-corrected chi connectivity index (χ1v) is 7.79. The molecule has 0 N–H and O–H groups in total. The monoisotopic (exact) mass is 290 g/mol. The quantitative estimate of drug-likeness (QED) is 0.647. The van der Waals surface area contributed by atoms with Crippen LogP contribution < -0.4 is 0 Å². The Morgan fingerprint density at radius 1 is 1.25 bits per heavy atom. The topological polar surface area (TPSA) is 26.3 Å². The molecule has 2 saturated carbocycles. The molecule has 1 aromatic carbocycles. The molecule has 2 fully saturated rings. The van der Waals surface area contributed by atoms with Crippen LogP contribution in [0.2, 0.25) is 0 Å². The van der Waals surface area contributed by atoms with Gasteiger partial charge >= 0.3 is 5.97 Å². The van der Waals surface area contributed by atoms with E-state index in [2.05, 4.69) is 33.4 Å². The summed E-state index contributed by atoms with van der Waals surface area (Å²) < 4.78 is 5.85. The van der Waals surface area contributed by atoms with E-state index in [1.165, 1.54) is 6.42 Å². The summed E-state index contributed by atoms with van der Waals surface area (Å²) in [5.74, 6) is 0.484. The van der Waals surface area contributed by atoms with Crippen LogP contribution in [-0.2, 0) is 4.74 Å². The maximum atomic E-state index is 12.3. The Balaban J connectivity index is 1.76. The van der Waals surface area contributed by atoms with Crippen LogP contribution in [0.5, 0.6) is 0 Å². The van der Waals surface area contributed by atoms with Crippen molar-refractivity contribution in [3.05, 3.63) is 29.8 Å². The number of hydrogen-bond donors (Lipinski definition) is 1. The first kappa shape index (κ1) is 14.0. The molecule has 0 saturated heterocycles. The molecule has 0 radical (unpaired) electrons. The highest BCUT2D eigenvalue weighted by atomic mass is 32.1. The maximum absolute atomic E-state index is 12.3. The molecule has 0 aliphatic heterocycles. The summed E-state index contributed by atoms with van der Waals surface area (Å²) in [6.07, 6.45) is 3.50. The molecule has 20 heavy (non-hydrogen) atoms. The van der Waals surface area contributed by atoms with Gasteiger partial charge in [0.15, 0.2) is 0 Å². The fourth-order valence-corrected chi connectivity index (χ4v) is 4.25. The Kier molecular flexibility index (Phi) is 3.16. The van der Waals surface area contributed by atoms with E-state index in [0.29, 0.717) is 11.5 Å². The number of benzene rings is 1. The summed E-state index contributed by atoms with van der Waals surface area (Å²) in [5.41, 5.74) is 1.01. The van der Waals surface area contributed by atoms with Gasteiger partial charge in [0.1, 0.15) is 6.10 Å². The number of carbonyl (C=O) groups is 1. The molecule has 0 aromatic heterocycles. The molecule has 2 aliphatic carbocycles. The summed E-state index contributed by atoms with van der Waals surface area (Å²) in [6.45, 7) is 6.94. The van der Waals surface area contributed by atoms with Gasteiger partial charge in [0, 0.05) is 10.3 Å². The summed E-state index contributed by atoms with van der Waals surface area (Å²) in [5, 5.41) is 0. The van der Waals surface area contributed by atoms with E-state index in [9.17, 15) is 4.79 Å². The first-order chi connectivity index (χ1) is 9.34. The minimum Gasteiger partial charge on any atom is -0.458 e. The number of esters is 1. The SMILES string of the molecule is CC1(C)C2CCC1(C)C(OC(=O)c1ccc(S)cc1)C2. The molecule has 3 rings (SSSR count). The van der Waals surface area contributed by atoms with Gasteiger partial charge in [-0.15, -0.1) is 12.6 Å². The number of rotatable bonds is 2. The molecule has 2 nitrogen and oxygen atoms in total. The minimum absolute atomic E-state index is 0.0550. The number of carbonyl (C=O) groups excluding carboxylic acids is 1. The van der Waals surface area contributed by atoms with Gasteiger partial charge < -0.3 is 4.74 Å². The van der Waals surface area contributed by atoms with Gasteiger partial charge in [0.05, 0.1) is 5.56 Å². The van der Waals surface area contributed by atoms with Gasteiger partial charge in [-0.05, 0) is 54.9 Å². The predicted molar refractivity (Wildman–Crippen MR) is 82.1 cm³/mol. The Morgan fingerprint density at radius 2 is 1.90 bits per heavy atom. The van der Waals surface area contributed by atoms with Crippen molar-refractivity contribution >= 4 is 18.6 Å². The lowest BCUT2D eigenvalue weighted by Crippen LogP contribution is -2.38. The lowest BCUT2D eigenvalue weighted by atomic mass is 9.70. The van der Waals surface area contributed by atoms with Gasteiger partial charge in [-0.2, -0.15) is 0 Å². The fourth-order valence-electron chi connectivity index (χ4n) is 4.10. The third-order valence-corrected chi connectivity index (χ3v) is 6.36. The number of hydrogen-bond acceptors (Lipinski definition) is 3. The maximum Gasteiger partial charge on any atom is 0.338 e. The van der Waals surface area contributed by atoms with Crippen LogP contribution in [0.4, 0.5) is 0 Å². The van der Waals surface area contributed by atoms with Crippen molar-refractivity contribution in [2.45, 2.75) is 51.0 Å². The molecule has 3 heteroatoms. The van der Waals surface area contributed by atoms with Gasteiger partial charge in [0.25, 0.3) is 0 Å². The Morgan fingerprint density at radius 3 is 2.40 bits per heavy atom. The minimum atomic E-state index is -0.201. The molecular weight excluding hydrogens is 268 g/mol. The Labute approximate surface area is 126 Å². The van der Waals surface area contributed by atoms with Crippen molar-refractivity contribution in [3.8, 4) is 0 Å². The molecular formula is C17H22O2S. The van der Waals surface area contributed by atoms with Crippen LogP contribution in [0.1, 0.15) is 50.4 Å².